The van der Waals surface area contributed by atoms with Crippen LogP contribution in [0.5, 0.6) is 11.6 Å². The molecule has 0 unspecified atom stereocenters. The Hall–Kier alpha value is -4.52. The van der Waals surface area contributed by atoms with Gasteiger partial charge in [-0.05, 0) is 56.1 Å². The predicted molar refractivity (Wildman–Crippen MR) is 141 cm³/mol. The van der Waals surface area contributed by atoms with Crippen molar-refractivity contribution >= 4 is 46.1 Å². The molecular formula is C26H25ClF3N6O4+. The molecule has 2 heterocycles. The fourth-order valence-corrected chi connectivity index (χ4v) is 3.72. The fourth-order valence-electron chi connectivity index (χ4n) is 3.50. The normalized spacial score (nSPS) is 11.7. The lowest BCUT2D eigenvalue weighted by Gasteiger charge is -2.19. The van der Waals surface area contributed by atoms with Crippen molar-refractivity contribution in [3.05, 3.63) is 71.1 Å². The highest BCUT2D eigenvalue weighted by molar-refractivity contribution is 6.34. The second kappa shape index (κ2) is 11.3. The average molecular weight is 578 g/mol. The molecule has 0 saturated heterocycles. The number of nitrogens with zero attached hydrogens (tertiary/aromatic N) is 1. The van der Waals surface area contributed by atoms with Crippen LogP contribution in [0.15, 0.2) is 54.9 Å². The lowest BCUT2D eigenvalue weighted by Crippen LogP contribution is -2.32. The van der Waals surface area contributed by atoms with Gasteiger partial charge in [-0.1, -0.05) is 17.7 Å². The van der Waals surface area contributed by atoms with Gasteiger partial charge in [0.25, 0.3) is 6.33 Å². The Morgan fingerprint density at radius 1 is 1.07 bits per heavy atom. The van der Waals surface area contributed by atoms with Crippen LogP contribution < -0.4 is 25.7 Å². The van der Waals surface area contributed by atoms with Crippen LogP contribution in [-0.2, 0) is 17.5 Å². The van der Waals surface area contributed by atoms with E-state index in [1.165, 1.54) is 30.6 Å². The molecule has 0 bridgehead atoms. The van der Waals surface area contributed by atoms with Crippen LogP contribution >= 0.6 is 11.6 Å². The number of fused-ring (bicyclic) bond motifs is 1. The van der Waals surface area contributed by atoms with E-state index in [0.717, 1.165) is 12.1 Å². The van der Waals surface area contributed by atoms with Gasteiger partial charge in [0, 0.05) is 23.5 Å². The largest absolute Gasteiger partial charge is 0.444 e. The Bertz CT molecular complexity index is 1550. The van der Waals surface area contributed by atoms with Crippen LogP contribution in [-0.4, -0.2) is 27.7 Å². The van der Waals surface area contributed by atoms with Gasteiger partial charge in [-0.2, -0.15) is 13.2 Å². The van der Waals surface area contributed by atoms with Crippen molar-refractivity contribution in [2.75, 3.05) is 10.6 Å². The number of ether oxygens (including phenoxy) is 2. The smallest absolute Gasteiger partial charge is 0.416 e. The summed E-state index contributed by atoms with van der Waals surface area (Å²) >= 11 is 6.31. The van der Waals surface area contributed by atoms with E-state index in [9.17, 15) is 22.8 Å². The number of anilines is 2. The molecule has 0 radical (unpaired) electrons. The molecule has 0 aliphatic rings. The maximum Gasteiger partial charge on any atom is 0.416 e. The number of rotatable bonds is 6. The van der Waals surface area contributed by atoms with Crippen LogP contribution in [0.25, 0.3) is 11.0 Å². The van der Waals surface area contributed by atoms with Gasteiger partial charge in [0.05, 0.1) is 22.8 Å². The van der Waals surface area contributed by atoms with Crippen molar-refractivity contribution in [3.8, 4) is 11.6 Å². The van der Waals surface area contributed by atoms with Crippen molar-refractivity contribution in [2.24, 2.45) is 0 Å². The number of aromatic nitrogens is 3. The third-order valence-corrected chi connectivity index (χ3v) is 5.47. The Kier molecular flexibility index (Phi) is 8.05. The van der Waals surface area contributed by atoms with Crippen molar-refractivity contribution in [3.63, 3.8) is 0 Å². The summed E-state index contributed by atoms with van der Waals surface area (Å²) in [6.07, 6.45) is -3.66. The number of hydrogen-bond donors (Lipinski definition) is 4. The number of alkyl halides is 3. The van der Waals surface area contributed by atoms with Crippen LogP contribution in [0.2, 0.25) is 5.02 Å². The monoisotopic (exact) mass is 577 g/mol. The van der Waals surface area contributed by atoms with Crippen LogP contribution in [0.4, 0.5) is 34.1 Å². The SMILES string of the molecule is CC(C)(C)OC(=O)NCc1cc2nc[nH+]c(Oc3ccc(NC(=O)Nc4cccc(C(F)(F)F)c4)c(Cl)c3)c2[nH]1. The fraction of sp³-hybridized carbons (Fsp3) is 0.231. The summed E-state index contributed by atoms with van der Waals surface area (Å²) in [5, 5.41) is 7.62. The molecule has 4 rings (SSSR count). The highest BCUT2D eigenvalue weighted by Crippen LogP contribution is 2.32. The minimum absolute atomic E-state index is 0.0350. The molecule has 0 fully saturated rings. The van der Waals surface area contributed by atoms with E-state index >= 15 is 0 Å². The Morgan fingerprint density at radius 2 is 1.85 bits per heavy atom. The number of H-pyrrole nitrogens is 2. The first-order chi connectivity index (χ1) is 18.8. The first-order valence-corrected chi connectivity index (χ1v) is 12.2. The molecular weight excluding hydrogens is 553 g/mol. The van der Waals surface area contributed by atoms with E-state index in [1.807, 2.05) is 0 Å². The molecule has 0 aliphatic heterocycles. The summed E-state index contributed by atoms with van der Waals surface area (Å²) in [4.78, 5) is 34.6. The molecule has 14 heteroatoms. The van der Waals surface area contributed by atoms with Crippen molar-refractivity contribution in [1.82, 2.24) is 15.3 Å². The average Bonchev–Trinajstić information content (AvgIpc) is 3.27. The second-order valence-corrected chi connectivity index (χ2v) is 9.95. The van der Waals surface area contributed by atoms with Gasteiger partial charge in [0.2, 0.25) is 5.52 Å². The van der Waals surface area contributed by atoms with Crippen LogP contribution in [0, 0.1) is 0 Å². The molecule has 0 aliphatic carbocycles. The topological polar surface area (TPSA) is 132 Å². The molecule has 40 heavy (non-hydrogen) atoms. The molecule has 10 nitrogen and oxygen atoms in total. The minimum Gasteiger partial charge on any atom is -0.444 e. The number of carbonyl (C=O) groups excluding carboxylic acids is 2. The molecule has 2 aromatic carbocycles. The maximum atomic E-state index is 12.9. The number of halogens is 4. The van der Waals surface area contributed by atoms with Gasteiger partial charge in [0.1, 0.15) is 11.4 Å². The molecule has 210 valence electrons. The second-order valence-electron chi connectivity index (χ2n) is 9.54. The molecule has 4 aromatic rings. The molecule has 0 atom stereocenters. The molecule has 3 amide bonds. The number of benzene rings is 2. The summed E-state index contributed by atoms with van der Waals surface area (Å²) in [5.74, 6) is 0.633. The first kappa shape index (κ1) is 28.5. The van der Waals surface area contributed by atoms with E-state index in [-0.39, 0.29) is 22.9 Å². The Morgan fingerprint density at radius 3 is 2.55 bits per heavy atom. The third-order valence-electron chi connectivity index (χ3n) is 5.16. The van der Waals surface area contributed by atoms with Gasteiger partial charge in [-0.15, -0.1) is 0 Å². The molecule has 5 N–H and O–H groups in total. The standard InChI is InChI=1S/C26H24ClF3N6O4/c1-25(2,3)40-24(38)31-12-16-10-20-21(34-16)22(33-13-32-20)39-17-7-8-19(18(27)11-17)36-23(37)35-15-6-4-5-14(9-15)26(28,29)30/h4-11,13,34H,12H2,1-3H3,(H,31,38)(H2,35,36,37)/p+1. The summed E-state index contributed by atoms with van der Waals surface area (Å²) in [5.41, 5.74) is 0.418. The van der Waals surface area contributed by atoms with Gasteiger partial charge in [-0.3, -0.25) is 0 Å². The highest BCUT2D eigenvalue weighted by Gasteiger charge is 2.30. The number of carbonyl (C=O) groups is 2. The highest BCUT2D eigenvalue weighted by atomic mass is 35.5. The van der Waals surface area contributed by atoms with Crippen molar-refractivity contribution < 1.29 is 37.2 Å². The number of nitrogens with one attached hydrogen (secondary N) is 5. The van der Waals surface area contributed by atoms with E-state index < -0.39 is 29.5 Å². The van der Waals surface area contributed by atoms with Crippen molar-refractivity contribution in [2.45, 2.75) is 39.1 Å². The quantitative estimate of drug-likeness (QED) is 0.207. The summed E-state index contributed by atoms with van der Waals surface area (Å²) in [6, 6.07) is 9.69. The zero-order valence-corrected chi connectivity index (χ0v) is 22.3. The molecule has 2 aromatic heterocycles. The van der Waals surface area contributed by atoms with E-state index in [2.05, 4.69) is 30.9 Å². The number of amides is 3. The number of alkyl carbamates (subject to hydrolysis) is 1. The van der Waals surface area contributed by atoms with E-state index in [4.69, 9.17) is 21.1 Å². The van der Waals surface area contributed by atoms with Gasteiger partial charge in [-0.25, -0.2) is 14.6 Å². The summed E-state index contributed by atoms with van der Waals surface area (Å²) in [7, 11) is 0. The summed E-state index contributed by atoms with van der Waals surface area (Å²) in [6.45, 7) is 5.47. The third kappa shape index (κ3) is 7.53. The zero-order chi connectivity index (χ0) is 29.1. The lowest BCUT2D eigenvalue weighted by atomic mass is 10.2. The van der Waals surface area contributed by atoms with E-state index in [1.54, 1.807) is 32.9 Å². The number of urea groups is 1. The Labute approximate surface area is 231 Å². The maximum absolute atomic E-state index is 12.9. The van der Waals surface area contributed by atoms with Crippen LogP contribution in [0.3, 0.4) is 0 Å². The van der Waals surface area contributed by atoms with Gasteiger partial charge >= 0.3 is 24.2 Å². The first-order valence-electron chi connectivity index (χ1n) is 11.8. The molecule has 0 spiro atoms. The van der Waals surface area contributed by atoms with Gasteiger partial charge in [0.15, 0.2) is 5.52 Å². The van der Waals surface area contributed by atoms with Crippen molar-refractivity contribution in [1.29, 1.82) is 0 Å². The number of hydrogen-bond acceptors (Lipinski definition) is 5. The molecule has 0 saturated carbocycles. The Balaban J connectivity index is 1.41. The lowest BCUT2D eigenvalue weighted by molar-refractivity contribution is -0.393. The van der Waals surface area contributed by atoms with Gasteiger partial charge < -0.3 is 30.4 Å². The number of aromatic amines is 2. The zero-order valence-electron chi connectivity index (χ0n) is 21.5. The summed E-state index contributed by atoms with van der Waals surface area (Å²) < 4.78 is 49.9. The minimum atomic E-state index is -4.54. The predicted octanol–water partition coefficient (Wildman–Crippen LogP) is 6.51. The van der Waals surface area contributed by atoms with Crippen LogP contribution in [0.1, 0.15) is 32.0 Å². The van der Waals surface area contributed by atoms with E-state index in [0.29, 0.717) is 28.4 Å².